The van der Waals surface area contributed by atoms with Crippen LogP contribution in [-0.2, 0) is 0 Å². The van der Waals surface area contributed by atoms with Crippen molar-refractivity contribution in [2.45, 2.75) is 59.3 Å². The average molecular weight is 154 g/mol. The fraction of sp³-hybridized carbons (Fsp3) is 1.00. The van der Waals surface area contributed by atoms with Gasteiger partial charge in [0.1, 0.15) is 0 Å². The maximum Gasteiger partial charge on any atom is -0.0298 e. The fourth-order valence-corrected chi connectivity index (χ4v) is 2.75. The van der Waals surface area contributed by atoms with Crippen molar-refractivity contribution in [2.75, 3.05) is 0 Å². The predicted molar refractivity (Wildman–Crippen MR) is 50.6 cm³/mol. The molecule has 1 saturated carbocycles. The lowest BCUT2D eigenvalue weighted by Crippen LogP contribution is -2.14. The Hall–Kier alpha value is 0. The number of hydrogen-bond acceptors (Lipinski definition) is 0. The molecule has 11 heavy (non-hydrogen) atoms. The first-order chi connectivity index (χ1) is 5.22. The normalized spacial score (nSPS) is 37.9. The summed E-state index contributed by atoms with van der Waals surface area (Å²) in [5.41, 5.74) is 0.758. The third kappa shape index (κ3) is 1.98. The zero-order chi connectivity index (χ0) is 8.32. The van der Waals surface area contributed by atoms with Gasteiger partial charge in [0.2, 0.25) is 0 Å². The van der Waals surface area contributed by atoms with Crippen LogP contribution in [0.3, 0.4) is 0 Å². The maximum absolute atomic E-state index is 2.41. The maximum atomic E-state index is 2.41. The summed E-state index contributed by atoms with van der Waals surface area (Å²) in [5, 5.41) is 0. The lowest BCUT2D eigenvalue weighted by Gasteiger charge is -2.27. The van der Waals surface area contributed by atoms with E-state index in [1.165, 1.54) is 38.5 Å². The molecule has 0 spiro atoms. The van der Waals surface area contributed by atoms with Crippen LogP contribution in [0.2, 0.25) is 0 Å². The monoisotopic (exact) mass is 154 g/mol. The van der Waals surface area contributed by atoms with E-state index >= 15 is 0 Å². The van der Waals surface area contributed by atoms with Gasteiger partial charge in [-0.05, 0) is 30.6 Å². The number of hydrogen-bond donors (Lipinski definition) is 0. The molecule has 0 heteroatoms. The van der Waals surface area contributed by atoms with Crippen LogP contribution in [0.25, 0.3) is 0 Å². The van der Waals surface area contributed by atoms with Gasteiger partial charge in [0.25, 0.3) is 0 Å². The Balaban J connectivity index is 2.48. The van der Waals surface area contributed by atoms with Crippen molar-refractivity contribution < 1.29 is 0 Å². The van der Waals surface area contributed by atoms with Crippen LogP contribution in [0.15, 0.2) is 0 Å². The van der Waals surface area contributed by atoms with Gasteiger partial charge in [-0.15, -0.1) is 0 Å². The Bertz CT molecular complexity index is 113. The summed E-state index contributed by atoms with van der Waals surface area (Å²) >= 11 is 0. The molecule has 0 radical (unpaired) electrons. The largest absolute Gasteiger partial charge is 0.0654 e. The Morgan fingerprint density at radius 3 is 2.45 bits per heavy atom. The summed E-state index contributed by atoms with van der Waals surface area (Å²) in [7, 11) is 0. The molecular formula is C11H22. The topological polar surface area (TPSA) is 0 Å². The first-order valence-corrected chi connectivity index (χ1v) is 5.22. The summed E-state index contributed by atoms with van der Waals surface area (Å²) in [6.45, 7) is 7.10. The van der Waals surface area contributed by atoms with Gasteiger partial charge in [0, 0.05) is 0 Å². The van der Waals surface area contributed by atoms with Crippen molar-refractivity contribution in [1.29, 1.82) is 0 Å². The van der Waals surface area contributed by atoms with Crippen molar-refractivity contribution >= 4 is 0 Å². The van der Waals surface area contributed by atoms with Gasteiger partial charge in [-0.25, -0.2) is 0 Å². The van der Waals surface area contributed by atoms with Crippen molar-refractivity contribution in [1.82, 2.24) is 0 Å². The summed E-state index contributed by atoms with van der Waals surface area (Å²) in [6, 6.07) is 0. The molecule has 1 fully saturated rings. The van der Waals surface area contributed by atoms with Gasteiger partial charge in [-0.2, -0.15) is 0 Å². The van der Waals surface area contributed by atoms with E-state index in [1.54, 1.807) is 0 Å². The molecule has 1 rings (SSSR count). The highest BCUT2D eigenvalue weighted by molar-refractivity contribution is 4.86. The lowest BCUT2D eigenvalue weighted by molar-refractivity contribution is 0.248. The SMILES string of the molecule is CCCC1(CC)CCC(C)C1. The molecule has 1 aliphatic carbocycles. The van der Waals surface area contributed by atoms with Crippen LogP contribution in [0.5, 0.6) is 0 Å². The first kappa shape index (κ1) is 9.09. The number of rotatable bonds is 3. The third-order valence-electron chi connectivity index (χ3n) is 3.48. The summed E-state index contributed by atoms with van der Waals surface area (Å²) in [4.78, 5) is 0. The smallest absolute Gasteiger partial charge is 0.0298 e. The van der Waals surface area contributed by atoms with Gasteiger partial charge in [0.05, 0.1) is 0 Å². The Labute approximate surface area is 71.4 Å². The van der Waals surface area contributed by atoms with Gasteiger partial charge in [-0.3, -0.25) is 0 Å². The molecule has 0 N–H and O–H groups in total. The predicted octanol–water partition coefficient (Wildman–Crippen LogP) is 4.00. The zero-order valence-electron chi connectivity index (χ0n) is 8.32. The second kappa shape index (κ2) is 3.60. The molecule has 0 bridgehead atoms. The molecule has 0 amide bonds. The van der Waals surface area contributed by atoms with E-state index in [2.05, 4.69) is 20.8 Å². The molecule has 0 aliphatic heterocycles. The van der Waals surface area contributed by atoms with E-state index in [0.29, 0.717) is 0 Å². The molecule has 2 unspecified atom stereocenters. The first-order valence-electron chi connectivity index (χ1n) is 5.22. The zero-order valence-corrected chi connectivity index (χ0v) is 8.32. The van der Waals surface area contributed by atoms with Crippen LogP contribution in [0.4, 0.5) is 0 Å². The van der Waals surface area contributed by atoms with Crippen LogP contribution < -0.4 is 0 Å². The summed E-state index contributed by atoms with van der Waals surface area (Å²) in [5.74, 6) is 1.00. The second-order valence-electron chi connectivity index (χ2n) is 4.45. The van der Waals surface area contributed by atoms with E-state index < -0.39 is 0 Å². The van der Waals surface area contributed by atoms with E-state index in [0.717, 1.165) is 11.3 Å². The van der Waals surface area contributed by atoms with Crippen molar-refractivity contribution in [3.63, 3.8) is 0 Å². The highest BCUT2D eigenvalue weighted by atomic mass is 14.4. The van der Waals surface area contributed by atoms with E-state index in [4.69, 9.17) is 0 Å². The van der Waals surface area contributed by atoms with Crippen LogP contribution in [-0.4, -0.2) is 0 Å². The molecule has 2 atom stereocenters. The molecule has 0 aromatic heterocycles. The van der Waals surface area contributed by atoms with Crippen LogP contribution in [0, 0.1) is 11.3 Å². The van der Waals surface area contributed by atoms with Gasteiger partial charge >= 0.3 is 0 Å². The highest BCUT2D eigenvalue weighted by Gasteiger charge is 2.34. The van der Waals surface area contributed by atoms with Crippen molar-refractivity contribution in [3.8, 4) is 0 Å². The highest BCUT2D eigenvalue weighted by Crippen LogP contribution is 2.47. The third-order valence-corrected chi connectivity index (χ3v) is 3.48. The van der Waals surface area contributed by atoms with E-state index in [-0.39, 0.29) is 0 Å². The van der Waals surface area contributed by atoms with Crippen LogP contribution >= 0.6 is 0 Å². The standard InChI is InChI=1S/C11H22/c1-4-7-11(5-2)8-6-10(3)9-11/h10H,4-9H2,1-3H3. The summed E-state index contributed by atoms with van der Waals surface area (Å²) in [6.07, 6.45) is 8.73. The van der Waals surface area contributed by atoms with Gasteiger partial charge in [0.15, 0.2) is 0 Å². The second-order valence-corrected chi connectivity index (χ2v) is 4.45. The molecule has 0 nitrogen and oxygen atoms in total. The minimum absolute atomic E-state index is 0.758. The Kier molecular flexibility index (Phi) is 2.98. The van der Waals surface area contributed by atoms with Crippen molar-refractivity contribution in [2.24, 2.45) is 11.3 Å². The molecule has 66 valence electrons. The Morgan fingerprint density at radius 1 is 1.36 bits per heavy atom. The van der Waals surface area contributed by atoms with E-state index in [1.807, 2.05) is 0 Å². The van der Waals surface area contributed by atoms with Crippen LogP contribution in [0.1, 0.15) is 59.3 Å². The fourth-order valence-electron chi connectivity index (χ4n) is 2.75. The molecular weight excluding hydrogens is 132 g/mol. The van der Waals surface area contributed by atoms with Crippen molar-refractivity contribution in [3.05, 3.63) is 0 Å². The minimum atomic E-state index is 0.758. The van der Waals surface area contributed by atoms with Gasteiger partial charge < -0.3 is 0 Å². The molecule has 0 aromatic carbocycles. The lowest BCUT2D eigenvalue weighted by atomic mass is 9.79. The summed E-state index contributed by atoms with van der Waals surface area (Å²) < 4.78 is 0. The minimum Gasteiger partial charge on any atom is -0.0654 e. The average Bonchev–Trinajstić information content (AvgIpc) is 2.34. The molecule has 0 heterocycles. The molecule has 1 aliphatic rings. The van der Waals surface area contributed by atoms with E-state index in [9.17, 15) is 0 Å². The quantitative estimate of drug-likeness (QED) is 0.576. The molecule has 0 saturated heterocycles. The van der Waals surface area contributed by atoms with Gasteiger partial charge in [-0.1, -0.05) is 40.0 Å². The molecule has 0 aromatic rings. The Morgan fingerprint density at radius 2 is 2.09 bits per heavy atom.